The van der Waals surface area contributed by atoms with Crippen molar-refractivity contribution in [3.63, 3.8) is 0 Å². The first-order chi connectivity index (χ1) is 8.77. The third-order valence-electron chi connectivity index (χ3n) is 3.58. The largest absolute Gasteiger partial charge is 0.490 e. The van der Waals surface area contributed by atoms with Crippen molar-refractivity contribution in [2.24, 2.45) is 5.84 Å². The molecular formula is C12H21N5O. The molecule has 1 aliphatic rings. The summed E-state index contributed by atoms with van der Waals surface area (Å²) in [4.78, 5) is 10.6. The van der Waals surface area contributed by atoms with E-state index in [4.69, 9.17) is 10.6 Å². The van der Waals surface area contributed by atoms with Crippen LogP contribution in [0.4, 0.5) is 11.6 Å². The standard InChI is InChI=1S/C12H21N5O/c1-17(9-6-4-3-5-7-9)12-10(18-2)11(16-13)14-8-15-12/h8-9H,3-7,13H2,1-2H3,(H,14,15,16). The van der Waals surface area contributed by atoms with Gasteiger partial charge in [-0.25, -0.2) is 15.8 Å². The maximum Gasteiger partial charge on any atom is 0.205 e. The molecule has 0 atom stereocenters. The van der Waals surface area contributed by atoms with Crippen LogP contribution in [-0.2, 0) is 0 Å². The number of aromatic nitrogens is 2. The molecule has 0 aromatic carbocycles. The number of anilines is 2. The summed E-state index contributed by atoms with van der Waals surface area (Å²) < 4.78 is 5.37. The number of hydrogen-bond acceptors (Lipinski definition) is 6. The van der Waals surface area contributed by atoms with Gasteiger partial charge in [0.1, 0.15) is 6.33 Å². The van der Waals surface area contributed by atoms with Gasteiger partial charge < -0.3 is 15.1 Å². The summed E-state index contributed by atoms with van der Waals surface area (Å²) in [7, 11) is 3.67. The van der Waals surface area contributed by atoms with Crippen LogP contribution in [0.1, 0.15) is 32.1 Å². The molecule has 1 aliphatic carbocycles. The van der Waals surface area contributed by atoms with E-state index in [1.807, 2.05) is 0 Å². The summed E-state index contributed by atoms with van der Waals surface area (Å²) in [5, 5.41) is 0. The van der Waals surface area contributed by atoms with Crippen LogP contribution in [0.15, 0.2) is 6.33 Å². The first kappa shape index (κ1) is 12.9. The maximum atomic E-state index is 5.43. The number of nitrogens with two attached hydrogens (primary N) is 1. The monoisotopic (exact) mass is 251 g/mol. The second-order valence-electron chi connectivity index (χ2n) is 4.63. The molecule has 18 heavy (non-hydrogen) atoms. The van der Waals surface area contributed by atoms with Crippen molar-refractivity contribution in [1.82, 2.24) is 9.97 Å². The molecule has 1 fully saturated rings. The number of nitrogen functional groups attached to an aromatic ring is 1. The van der Waals surface area contributed by atoms with E-state index < -0.39 is 0 Å². The van der Waals surface area contributed by atoms with Gasteiger partial charge in [-0.3, -0.25) is 0 Å². The predicted octanol–water partition coefficient (Wildman–Crippen LogP) is 1.54. The van der Waals surface area contributed by atoms with Crippen molar-refractivity contribution in [3.8, 4) is 5.75 Å². The maximum absolute atomic E-state index is 5.43. The quantitative estimate of drug-likeness (QED) is 0.624. The van der Waals surface area contributed by atoms with Gasteiger partial charge in [0.2, 0.25) is 5.75 Å². The molecule has 0 unspecified atom stereocenters. The summed E-state index contributed by atoms with van der Waals surface area (Å²) in [5.74, 6) is 7.36. The number of rotatable bonds is 4. The Morgan fingerprint density at radius 1 is 1.33 bits per heavy atom. The normalized spacial score (nSPS) is 16.4. The van der Waals surface area contributed by atoms with E-state index in [1.54, 1.807) is 7.11 Å². The minimum absolute atomic E-state index is 0.519. The molecule has 0 saturated heterocycles. The van der Waals surface area contributed by atoms with Crippen molar-refractivity contribution in [3.05, 3.63) is 6.33 Å². The van der Waals surface area contributed by atoms with Crippen LogP contribution in [0, 0.1) is 0 Å². The minimum Gasteiger partial charge on any atom is -0.490 e. The number of hydrogen-bond donors (Lipinski definition) is 2. The summed E-state index contributed by atoms with van der Waals surface area (Å²) >= 11 is 0. The Morgan fingerprint density at radius 3 is 2.67 bits per heavy atom. The van der Waals surface area contributed by atoms with Crippen LogP contribution in [0.2, 0.25) is 0 Å². The molecule has 6 heteroatoms. The summed E-state index contributed by atoms with van der Waals surface area (Å²) in [5.41, 5.74) is 2.54. The Kier molecular flexibility index (Phi) is 4.19. The Bertz CT molecular complexity index is 392. The third kappa shape index (κ3) is 2.48. The Hall–Kier alpha value is -1.56. The molecule has 3 N–H and O–H groups in total. The molecule has 0 bridgehead atoms. The zero-order valence-corrected chi connectivity index (χ0v) is 11.0. The summed E-state index contributed by atoms with van der Waals surface area (Å²) in [6.07, 6.45) is 7.81. The highest BCUT2D eigenvalue weighted by Crippen LogP contribution is 2.34. The van der Waals surface area contributed by atoms with Crippen LogP contribution >= 0.6 is 0 Å². The number of nitrogens with one attached hydrogen (secondary N) is 1. The molecule has 1 heterocycles. The Balaban J connectivity index is 2.25. The number of nitrogens with zero attached hydrogens (tertiary/aromatic N) is 3. The number of ether oxygens (including phenoxy) is 1. The first-order valence-corrected chi connectivity index (χ1v) is 6.36. The molecule has 0 radical (unpaired) electrons. The van der Waals surface area contributed by atoms with Gasteiger partial charge in [-0.05, 0) is 12.8 Å². The van der Waals surface area contributed by atoms with Crippen molar-refractivity contribution >= 4 is 11.6 Å². The number of methoxy groups -OCH3 is 1. The lowest BCUT2D eigenvalue weighted by atomic mass is 9.94. The molecular weight excluding hydrogens is 230 g/mol. The van der Waals surface area contributed by atoms with Gasteiger partial charge in [0.25, 0.3) is 0 Å². The van der Waals surface area contributed by atoms with Crippen LogP contribution in [0.5, 0.6) is 5.75 Å². The topological polar surface area (TPSA) is 76.3 Å². The highest BCUT2D eigenvalue weighted by atomic mass is 16.5. The second kappa shape index (κ2) is 5.86. The van der Waals surface area contributed by atoms with Gasteiger partial charge in [-0.2, -0.15) is 0 Å². The molecule has 1 aromatic rings. The predicted molar refractivity (Wildman–Crippen MR) is 71.7 cm³/mol. The van der Waals surface area contributed by atoms with Crippen molar-refractivity contribution in [1.29, 1.82) is 0 Å². The Morgan fingerprint density at radius 2 is 2.06 bits per heavy atom. The molecule has 6 nitrogen and oxygen atoms in total. The van der Waals surface area contributed by atoms with E-state index >= 15 is 0 Å². The molecule has 1 saturated carbocycles. The second-order valence-corrected chi connectivity index (χ2v) is 4.63. The molecule has 0 aliphatic heterocycles. The van der Waals surface area contributed by atoms with Gasteiger partial charge in [0, 0.05) is 13.1 Å². The Labute approximate surface area is 108 Å². The summed E-state index contributed by atoms with van der Waals surface area (Å²) in [6, 6.07) is 0.521. The van der Waals surface area contributed by atoms with Crippen molar-refractivity contribution in [2.45, 2.75) is 38.1 Å². The number of hydrazine groups is 1. The van der Waals surface area contributed by atoms with Gasteiger partial charge in [0.05, 0.1) is 7.11 Å². The van der Waals surface area contributed by atoms with E-state index in [2.05, 4.69) is 27.3 Å². The van der Waals surface area contributed by atoms with Gasteiger partial charge in [-0.1, -0.05) is 19.3 Å². The van der Waals surface area contributed by atoms with E-state index in [0.29, 0.717) is 17.6 Å². The SMILES string of the molecule is COc1c(NN)ncnc1N(C)C1CCCCC1. The van der Waals surface area contributed by atoms with E-state index in [9.17, 15) is 0 Å². The van der Waals surface area contributed by atoms with Crippen LogP contribution in [0.25, 0.3) is 0 Å². The molecule has 0 spiro atoms. The fourth-order valence-electron chi connectivity index (χ4n) is 2.55. The van der Waals surface area contributed by atoms with E-state index in [1.165, 1.54) is 38.4 Å². The van der Waals surface area contributed by atoms with Crippen molar-refractivity contribution < 1.29 is 4.74 Å². The average molecular weight is 251 g/mol. The highest BCUT2D eigenvalue weighted by molar-refractivity contribution is 5.64. The van der Waals surface area contributed by atoms with Crippen LogP contribution in [0.3, 0.4) is 0 Å². The zero-order valence-electron chi connectivity index (χ0n) is 11.0. The van der Waals surface area contributed by atoms with Gasteiger partial charge in [0.15, 0.2) is 11.6 Å². The average Bonchev–Trinajstić information content (AvgIpc) is 2.46. The van der Waals surface area contributed by atoms with Gasteiger partial charge in [-0.15, -0.1) is 0 Å². The highest BCUT2D eigenvalue weighted by Gasteiger charge is 2.23. The molecule has 2 rings (SSSR count). The minimum atomic E-state index is 0.519. The smallest absolute Gasteiger partial charge is 0.205 e. The van der Waals surface area contributed by atoms with Gasteiger partial charge >= 0.3 is 0 Å². The lowest BCUT2D eigenvalue weighted by Crippen LogP contribution is -2.34. The fourth-order valence-corrected chi connectivity index (χ4v) is 2.55. The first-order valence-electron chi connectivity index (χ1n) is 6.36. The molecule has 100 valence electrons. The summed E-state index contributed by atoms with van der Waals surface area (Å²) in [6.45, 7) is 0. The zero-order chi connectivity index (χ0) is 13.0. The fraction of sp³-hybridized carbons (Fsp3) is 0.667. The molecule has 1 aromatic heterocycles. The van der Waals surface area contributed by atoms with Crippen LogP contribution < -0.4 is 20.9 Å². The third-order valence-corrected chi connectivity index (χ3v) is 3.58. The lowest BCUT2D eigenvalue weighted by molar-refractivity contribution is 0.398. The van der Waals surface area contributed by atoms with E-state index in [-0.39, 0.29) is 0 Å². The molecule has 0 amide bonds. The van der Waals surface area contributed by atoms with E-state index in [0.717, 1.165) is 5.82 Å². The van der Waals surface area contributed by atoms with Crippen molar-refractivity contribution in [2.75, 3.05) is 24.5 Å². The van der Waals surface area contributed by atoms with Crippen LogP contribution in [-0.4, -0.2) is 30.2 Å². The lowest BCUT2D eigenvalue weighted by Gasteiger charge is -2.32.